The number of likely N-dealkylation sites (tertiary alicyclic amines) is 1. The molecule has 7 nitrogen and oxygen atoms in total. The molecule has 2 aromatic heterocycles. The smallest absolute Gasteiger partial charge is 0.230 e. The summed E-state index contributed by atoms with van der Waals surface area (Å²) in [7, 11) is 4.34. The number of benzene rings is 1. The summed E-state index contributed by atoms with van der Waals surface area (Å²) in [5.74, 6) is 3.81. The van der Waals surface area contributed by atoms with Gasteiger partial charge >= 0.3 is 0 Å². The number of carbonyl (C=O) groups excluding carboxylic acids is 1. The first-order valence-electron chi connectivity index (χ1n) is 17.1. The lowest BCUT2D eigenvalue weighted by molar-refractivity contribution is -0.124. The summed E-state index contributed by atoms with van der Waals surface area (Å²) >= 11 is 0. The van der Waals surface area contributed by atoms with Crippen molar-refractivity contribution in [3.8, 4) is 11.3 Å². The first kappa shape index (κ1) is 27.6. The fourth-order valence-electron chi connectivity index (χ4n) is 8.75. The Morgan fingerprint density at radius 1 is 0.977 bits per heavy atom. The Labute approximate surface area is 256 Å². The molecule has 0 radical (unpaired) electrons. The molecule has 3 atom stereocenters. The van der Waals surface area contributed by atoms with Crippen LogP contribution in [0, 0.1) is 17.8 Å². The molecular formula is C36H47N5O2. The average Bonchev–Trinajstić information content (AvgIpc) is 3.97. The van der Waals surface area contributed by atoms with Crippen molar-refractivity contribution in [2.75, 3.05) is 31.6 Å². The summed E-state index contributed by atoms with van der Waals surface area (Å²) in [6, 6.07) is 13.1. The fraction of sp³-hybridized carbons (Fsp3) is 0.639. The third-order valence-corrected chi connectivity index (χ3v) is 11.7. The quantitative estimate of drug-likeness (QED) is 0.285. The van der Waals surface area contributed by atoms with Crippen molar-refractivity contribution >= 4 is 11.6 Å². The molecule has 3 unspecified atom stereocenters. The molecule has 5 fully saturated rings. The molecule has 7 heteroatoms. The topological polar surface area (TPSA) is 67.4 Å². The van der Waals surface area contributed by atoms with Crippen molar-refractivity contribution in [2.24, 2.45) is 24.8 Å². The van der Waals surface area contributed by atoms with Gasteiger partial charge in [-0.3, -0.25) is 9.48 Å². The highest BCUT2D eigenvalue weighted by molar-refractivity contribution is 5.95. The van der Waals surface area contributed by atoms with E-state index in [4.69, 9.17) is 9.62 Å². The van der Waals surface area contributed by atoms with Gasteiger partial charge in [0.15, 0.2) is 0 Å². The number of amides is 1. The number of carbonyl (C=O) groups is 1. The minimum Gasteiger partial charge on any atom is -0.360 e. The third-order valence-electron chi connectivity index (χ3n) is 11.7. The number of rotatable bonds is 8. The largest absolute Gasteiger partial charge is 0.360 e. The van der Waals surface area contributed by atoms with Crippen LogP contribution in [0.3, 0.4) is 0 Å². The standard InChI is InChI=1S/C36H47N5O2/c1-39-17-13-26(14-18-39)35(42)41(30-7-3-5-27(19-30)32-20-33(43-38-32)25-10-11-25)23-29-12-16-36(15-4-6-28(29)22-36)34-21-31(24-8-9-24)37-40(34)2/h3,5,7,19-21,24-26,28-29H,4,6,8-18,22-23H2,1-2H3. The number of aromatic nitrogens is 3. The van der Waals surface area contributed by atoms with Crippen LogP contribution in [-0.2, 0) is 17.3 Å². The zero-order valence-electron chi connectivity index (χ0n) is 26.0. The number of aryl methyl sites for hydroxylation is 1. The van der Waals surface area contributed by atoms with Crippen LogP contribution in [0.2, 0.25) is 0 Å². The van der Waals surface area contributed by atoms with E-state index in [0.717, 1.165) is 55.2 Å². The molecule has 4 aliphatic carbocycles. The Morgan fingerprint density at radius 3 is 2.58 bits per heavy atom. The van der Waals surface area contributed by atoms with Crippen molar-refractivity contribution in [1.82, 2.24) is 19.8 Å². The van der Waals surface area contributed by atoms with Gasteiger partial charge in [-0.1, -0.05) is 30.1 Å². The molecule has 1 saturated heterocycles. The number of nitrogens with zero attached hydrogens (tertiary/aromatic N) is 5. The molecule has 0 N–H and O–H groups in total. The summed E-state index contributed by atoms with van der Waals surface area (Å²) in [6.07, 6.45) is 14.3. The van der Waals surface area contributed by atoms with Crippen LogP contribution in [0.15, 0.2) is 40.9 Å². The minimum atomic E-state index is 0.0951. The molecule has 1 aliphatic heterocycles. The lowest BCUT2D eigenvalue weighted by Crippen LogP contribution is -2.48. The first-order chi connectivity index (χ1) is 21.0. The molecule has 3 aromatic rings. The zero-order valence-corrected chi connectivity index (χ0v) is 26.0. The molecule has 0 spiro atoms. The van der Waals surface area contributed by atoms with Gasteiger partial charge < -0.3 is 14.3 Å². The van der Waals surface area contributed by atoms with Gasteiger partial charge in [-0.25, -0.2) is 0 Å². The van der Waals surface area contributed by atoms with Gasteiger partial charge in [0.25, 0.3) is 0 Å². The maximum absolute atomic E-state index is 14.4. The number of fused-ring (bicyclic) bond motifs is 2. The molecule has 3 heterocycles. The lowest BCUT2D eigenvalue weighted by Gasteiger charge is -2.50. The van der Waals surface area contributed by atoms with Gasteiger partial charge in [-0.15, -0.1) is 0 Å². The molecule has 5 aliphatic rings. The Balaban J connectivity index is 1.06. The molecule has 228 valence electrons. The van der Waals surface area contributed by atoms with Crippen molar-refractivity contribution in [1.29, 1.82) is 0 Å². The predicted octanol–water partition coefficient (Wildman–Crippen LogP) is 7.04. The van der Waals surface area contributed by atoms with E-state index in [-0.39, 0.29) is 11.3 Å². The van der Waals surface area contributed by atoms with Gasteiger partial charge in [-0.05, 0) is 114 Å². The summed E-state index contributed by atoms with van der Waals surface area (Å²) in [4.78, 5) is 18.9. The summed E-state index contributed by atoms with van der Waals surface area (Å²) < 4.78 is 7.91. The van der Waals surface area contributed by atoms with Crippen LogP contribution in [0.1, 0.15) is 106 Å². The Kier molecular flexibility index (Phi) is 7.00. The monoisotopic (exact) mass is 581 g/mol. The van der Waals surface area contributed by atoms with Crippen LogP contribution >= 0.6 is 0 Å². The van der Waals surface area contributed by atoms with E-state index in [9.17, 15) is 4.79 Å². The predicted molar refractivity (Wildman–Crippen MR) is 168 cm³/mol. The maximum atomic E-state index is 14.4. The van der Waals surface area contributed by atoms with Crippen molar-refractivity contribution in [2.45, 2.75) is 94.3 Å². The van der Waals surface area contributed by atoms with Crippen LogP contribution < -0.4 is 4.90 Å². The first-order valence-corrected chi connectivity index (χ1v) is 17.1. The Hall–Kier alpha value is -2.93. The third kappa shape index (κ3) is 5.36. The Bertz CT molecular complexity index is 1480. The molecular weight excluding hydrogens is 534 g/mol. The zero-order chi connectivity index (χ0) is 29.1. The van der Waals surface area contributed by atoms with Crippen molar-refractivity contribution < 1.29 is 9.32 Å². The number of hydrogen-bond donors (Lipinski definition) is 0. The summed E-state index contributed by atoms with van der Waals surface area (Å²) in [5, 5.41) is 9.39. The van der Waals surface area contributed by atoms with E-state index in [1.165, 1.54) is 75.6 Å². The van der Waals surface area contributed by atoms with Crippen molar-refractivity contribution in [3.63, 3.8) is 0 Å². The van der Waals surface area contributed by atoms with Gasteiger partial charge in [0.05, 0.1) is 5.69 Å². The van der Waals surface area contributed by atoms with Crippen molar-refractivity contribution in [3.05, 3.63) is 53.5 Å². The molecule has 1 amide bonds. The van der Waals surface area contributed by atoms with Gasteiger partial charge in [0.2, 0.25) is 5.91 Å². The van der Waals surface area contributed by atoms with Gasteiger partial charge in [0.1, 0.15) is 11.5 Å². The second-order valence-electron chi connectivity index (χ2n) is 14.8. The maximum Gasteiger partial charge on any atom is 0.230 e. The second-order valence-corrected chi connectivity index (χ2v) is 14.8. The normalized spacial score (nSPS) is 28.2. The van der Waals surface area contributed by atoms with E-state index in [2.05, 4.69) is 70.1 Å². The SMILES string of the molecule is CN1CCC(C(=O)N(CC2CCC3(c4cc(C5CC5)nn4C)CCCC2C3)c2cccc(-c3cc(C4CC4)on3)c2)CC1. The van der Waals surface area contributed by atoms with E-state index in [0.29, 0.717) is 29.6 Å². The van der Waals surface area contributed by atoms with Gasteiger partial charge in [0, 0.05) is 59.8 Å². The van der Waals surface area contributed by atoms with Crippen LogP contribution in [0.25, 0.3) is 11.3 Å². The van der Waals surface area contributed by atoms with Crippen LogP contribution in [0.5, 0.6) is 0 Å². The molecule has 8 rings (SSSR count). The molecule has 1 aromatic carbocycles. The van der Waals surface area contributed by atoms with Crippen LogP contribution in [0.4, 0.5) is 5.69 Å². The number of hydrogen-bond acceptors (Lipinski definition) is 5. The molecule has 2 bridgehead atoms. The second kappa shape index (κ2) is 10.9. The average molecular weight is 582 g/mol. The summed E-state index contributed by atoms with van der Waals surface area (Å²) in [6.45, 7) is 2.81. The van der Waals surface area contributed by atoms with E-state index in [1.807, 2.05) is 0 Å². The van der Waals surface area contributed by atoms with Crippen LogP contribution in [-0.4, -0.2) is 52.4 Å². The number of piperidine rings is 1. The molecule has 4 saturated carbocycles. The summed E-state index contributed by atoms with van der Waals surface area (Å²) in [5.41, 5.74) is 5.99. The van der Waals surface area contributed by atoms with E-state index < -0.39 is 0 Å². The lowest BCUT2D eigenvalue weighted by atomic mass is 9.57. The number of anilines is 1. The highest BCUT2D eigenvalue weighted by atomic mass is 16.5. The van der Waals surface area contributed by atoms with E-state index >= 15 is 0 Å². The van der Waals surface area contributed by atoms with Gasteiger partial charge in [-0.2, -0.15) is 5.10 Å². The highest BCUT2D eigenvalue weighted by Crippen LogP contribution is 2.54. The Morgan fingerprint density at radius 2 is 1.79 bits per heavy atom. The highest BCUT2D eigenvalue weighted by Gasteiger charge is 2.47. The van der Waals surface area contributed by atoms with E-state index in [1.54, 1.807) is 0 Å². The minimum absolute atomic E-state index is 0.0951. The molecule has 43 heavy (non-hydrogen) atoms. The fourth-order valence-corrected chi connectivity index (χ4v) is 8.75.